The molecule has 0 aliphatic heterocycles. The van der Waals surface area contributed by atoms with E-state index >= 15 is 0 Å². The van der Waals surface area contributed by atoms with Gasteiger partial charge < -0.3 is 15.6 Å². The molecule has 0 bridgehead atoms. The molecule has 0 unspecified atom stereocenters. The first-order valence-electron chi connectivity index (χ1n) is 11.3. The Bertz CT molecular complexity index is 1280. The third-order valence-corrected chi connectivity index (χ3v) is 6.04. The maximum Gasteiger partial charge on any atom is 0.274 e. The predicted molar refractivity (Wildman–Crippen MR) is 129 cm³/mol. The Morgan fingerprint density at radius 3 is 2.42 bits per heavy atom. The van der Waals surface area contributed by atoms with Crippen LogP contribution in [0.3, 0.4) is 0 Å². The molecule has 1 fully saturated rings. The number of carbonyl (C=O) groups excluding carboxylic acids is 2. The van der Waals surface area contributed by atoms with Crippen LogP contribution in [0.1, 0.15) is 42.6 Å². The summed E-state index contributed by atoms with van der Waals surface area (Å²) in [4.78, 5) is 36.9. The third kappa shape index (κ3) is 4.77. The van der Waals surface area contributed by atoms with Gasteiger partial charge in [-0.15, -0.1) is 0 Å². The van der Waals surface area contributed by atoms with Crippen LogP contribution in [0, 0.1) is 5.92 Å². The highest BCUT2D eigenvalue weighted by molar-refractivity contribution is 6.03. The Balaban J connectivity index is 1.28. The zero-order valence-corrected chi connectivity index (χ0v) is 18.2. The summed E-state index contributed by atoms with van der Waals surface area (Å²) < 4.78 is 0. The number of hydrogen-bond acceptors (Lipinski definition) is 4. The van der Waals surface area contributed by atoms with E-state index < -0.39 is 0 Å². The van der Waals surface area contributed by atoms with E-state index in [1.54, 1.807) is 24.4 Å². The number of aromatic nitrogens is 3. The van der Waals surface area contributed by atoms with Crippen LogP contribution in [0.5, 0.6) is 0 Å². The SMILES string of the molecule is O=C(Nc1ccc2nc(-c3ccc(NC(=O)C4CCCCC4)cc3)[nH]c2c1)c1ccccn1. The number of hydrogen-bond donors (Lipinski definition) is 3. The number of rotatable bonds is 5. The monoisotopic (exact) mass is 439 g/mol. The van der Waals surface area contributed by atoms with Crippen molar-refractivity contribution in [1.82, 2.24) is 15.0 Å². The van der Waals surface area contributed by atoms with Crippen LogP contribution in [-0.2, 0) is 4.79 Å². The van der Waals surface area contributed by atoms with Crippen LogP contribution in [0.2, 0.25) is 0 Å². The Labute approximate surface area is 191 Å². The number of aromatic amines is 1. The number of fused-ring (bicyclic) bond motifs is 1. The summed E-state index contributed by atoms with van der Waals surface area (Å²) in [7, 11) is 0. The van der Waals surface area contributed by atoms with Crippen LogP contribution >= 0.6 is 0 Å². The summed E-state index contributed by atoms with van der Waals surface area (Å²) in [6, 6.07) is 18.4. The fourth-order valence-corrected chi connectivity index (χ4v) is 4.24. The van der Waals surface area contributed by atoms with Crippen molar-refractivity contribution >= 4 is 34.2 Å². The van der Waals surface area contributed by atoms with Crippen LogP contribution in [0.15, 0.2) is 66.9 Å². The van der Waals surface area contributed by atoms with Crippen molar-refractivity contribution in [1.29, 1.82) is 0 Å². The van der Waals surface area contributed by atoms with Gasteiger partial charge in [0.15, 0.2) is 0 Å². The quantitative estimate of drug-likeness (QED) is 0.388. The number of carbonyl (C=O) groups is 2. The molecule has 33 heavy (non-hydrogen) atoms. The number of imidazole rings is 1. The second kappa shape index (κ2) is 9.24. The Morgan fingerprint density at radius 2 is 1.67 bits per heavy atom. The minimum atomic E-state index is -0.263. The molecule has 0 saturated heterocycles. The second-order valence-corrected chi connectivity index (χ2v) is 8.39. The lowest BCUT2D eigenvalue weighted by Crippen LogP contribution is -2.24. The van der Waals surface area contributed by atoms with Crippen LogP contribution < -0.4 is 10.6 Å². The number of anilines is 2. The minimum Gasteiger partial charge on any atom is -0.338 e. The summed E-state index contributed by atoms with van der Waals surface area (Å²) in [5.74, 6) is 0.705. The van der Waals surface area contributed by atoms with Gasteiger partial charge >= 0.3 is 0 Å². The summed E-state index contributed by atoms with van der Waals surface area (Å²) in [6.07, 6.45) is 7.05. The smallest absolute Gasteiger partial charge is 0.274 e. The third-order valence-electron chi connectivity index (χ3n) is 6.04. The van der Waals surface area contributed by atoms with Gasteiger partial charge in [0.05, 0.1) is 11.0 Å². The van der Waals surface area contributed by atoms with Gasteiger partial charge in [-0.2, -0.15) is 0 Å². The maximum absolute atomic E-state index is 12.5. The van der Waals surface area contributed by atoms with Gasteiger partial charge in [0, 0.05) is 29.1 Å². The molecule has 0 atom stereocenters. The van der Waals surface area contributed by atoms with Crippen molar-refractivity contribution in [3.8, 4) is 11.4 Å². The van der Waals surface area contributed by atoms with Gasteiger partial charge in [0.2, 0.25) is 5.91 Å². The molecule has 1 aliphatic rings. The van der Waals surface area contributed by atoms with Gasteiger partial charge in [0.25, 0.3) is 5.91 Å². The predicted octanol–water partition coefficient (Wildman–Crippen LogP) is 5.40. The molecule has 2 aromatic carbocycles. The molecular weight excluding hydrogens is 414 g/mol. The van der Waals surface area contributed by atoms with Crippen LogP contribution in [-0.4, -0.2) is 26.8 Å². The van der Waals surface area contributed by atoms with Gasteiger partial charge in [-0.3, -0.25) is 14.6 Å². The average molecular weight is 440 g/mol. The Kier molecular flexibility index (Phi) is 5.85. The van der Waals surface area contributed by atoms with Crippen molar-refractivity contribution in [2.24, 2.45) is 5.92 Å². The first-order chi connectivity index (χ1) is 16.2. The van der Waals surface area contributed by atoms with E-state index in [9.17, 15) is 9.59 Å². The molecule has 5 rings (SSSR count). The highest BCUT2D eigenvalue weighted by Crippen LogP contribution is 2.27. The number of amides is 2. The normalized spacial score (nSPS) is 14.2. The molecule has 3 N–H and O–H groups in total. The standard InChI is InChI=1S/C26H25N5O2/c32-25(18-6-2-1-3-7-18)28-19-11-9-17(10-12-19)24-30-21-14-13-20(16-23(21)31-24)29-26(33)22-8-4-5-15-27-22/h4-5,8-16,18H,1-3,6-7H2,(H,28,32)(H,29,33)(H,30,31). The fraction of sp³-hybridized carbons (Fsp3) is 0.231. The number of H-pyrrole nitrogens is 1. The first-order valence-corrected chi connectivity index (χ1v) is 11.3. The topological polar surface area (TPSA) is 99.8 Å². The molecule has 2 aromatic heterocycles. The van der Waals surface area contributed by atoms with Gasteiger partial charge in [-0.05, 0) is 67.4 Å². The molecule has 7 heteroatoms. The molecule has 2 heterocycles. The Hall–Kier alpha value is -4.00. The largest absolute Gasteiger partial charge is 0.338 e. The van der Waals surface area contributed by atoms with Crippen LogP contribution in [0.25, 0.3) is 22.4 Å². The lowest BCUT2D eigenvalue weighted by Gasteiger charge is -2.20. The zero-order chi connectivity index (χ0) is 22.6. The molecule has 1 saturated carbocycles. The number of benzene rings is 2. The molecule has 166 valence electrons. The summed E-state index contributed by atoms with van der Waals surface area (Å²) in [5.41, 5.74) is 4.35. The van der Waals surface area contributed by atoms with Crippen molar-refractivity contribution in [3.63, 3.8) is 0 Å². The molecule has 2 amide bonds. The lowest BCUT2D eigenvalue weighted by molar-refractivity contribution is -0.120. The van der Waals surface area contributed by atoms with E-state index in [-0.39, 0.29) is 17.7 Å². The fourth-order valence-electron chi connectivity index (χ4n) is 4.24. The van der Waals surface area contributed by atoms with E-state index in [0.29, 0.717) is 11.4 Å². The van der Waals surface area contributed by atoms with E-state index in [4.69, 9.17) is 0 Å². The van der Waals surface area contributed by atoms with Crippen LogP contribution in [0.4, 0.5) is 11.4 Å². The van der Waals surface area contributed by atoms with Crippen molar-refractivity contribution in [2.45, 2.75) is 32.1 Å². The zero-order valence-electron chi connectivity index (χ0n) is 18.2. The van der Waals surface area contributed by atoms with E-state index in [0.717, 1.165) is 53.8 Å². The molecule has 7 nitrogen and oxygen atoms in total. The van der Waals surface area contributed by atoms with Gasteiger partial charge in [-0.1, -0.05) is 25.3 Å². The molecule has 0 radical (unpaired) electrons. The van der Waals surface area contributed by atoms with Gasteiger partial charge in [-0.25, -0.2) is 4.98 Å². The number of pyridine rings is 1. The number of nitrogens with zero attached hydrogens (tertiary/aromatic N) is 2. The maximum atomic E-state index is 12.5. The van der Waals surface area contributed by atoms with Crippen molar-refractivity contribution in [3.05, 3.63) is 72.6 Å². The second-order valence-electron chi connectivity index (χ2n) is 8.39. The first kappa shape index (κ1) is 20.9. The highest BCUT2D eigenvalue weighted by atomic mass is 16.2. The molecule has 4 aromatic rings. The summed E-state index contributed by atoms with van der Waals surface area (Å²) >= 11 is 0. The van der Waals surface area contributed by atoms with E-state index in [1.165, 1.54) is 6.42 Å². The number of nitrogens with one attached hydrogen (secondary N) is 3. The van der Waals surface area contributed by atoms with Crippen molar-refractivity contribution in [2.75, 3.05) is 10.6 Å². The van der Waals surface area contributed by atoms with Crippen molar-refractivity contribution < 1.29 is 9.59 Å². The summed E-state index contributed by atoms with van der Waals surface area (Å²) in [6.45, 7) is 0. The average Bonchev–Trinajstić information content (AvgIpc) is 3.29. The molecule has 1 aliphatic carbocycles. The highest BCUT2D eigenvalue weighted by Gasteiger charge is 2.21. The van der Waals surface area contributed by atoms with Gasteiger partial charge in [0.1, 0.15) is 11.5 Å². The van der Waals surface area contributed by atoms with E-state index in [1.807, 2.05) is 42.5 Å². The Morgan fingerprint density at radius 1 is 0.879 bits per heavy atom. The molecule has 0 spiro atoms. The summed E-state index contributed by atoms with van der Waals surface area (Å²) in [5, 5.41) is 5.90. The molecular formula is C26H25N5O2. The van der Waals surface area contributed by atoms with E-state index in [2.05, 4.69) is 25.6 Å². The lowest BCUT2D eigenvalue weighted by atomic mass is 9.88. The minimum absolute atomic E-state index is 0.117.